The van der Waals surface area contributed by atoms with E-state index < -0.39 is 0 Å². The summed E-state index contributed by atoms with van der Waals surface area (Å²) in [5.74, 6) is 0.987. The normalized spacial score (nSPS) is 12.1. The molecule has 7 heteroatoms. The summed E-state index contributed by atoms with van der Waals surface area (Å²) in [6, 6.07) is 23.1. The molecule has 6 nitrogen and oxygen atoms in total. The van der Waals surface area contributed by atoms with Crippen LogP contribution in [-0.4, -0.2) is 31.6 Å². The second-order valence-corrected chi connectivity index (χ2v) is 8.33. The molecule has 0 saturated heterocycles. The van der Waals surface area contributed by atoms with Crippen molar-refractivity contribution in [3.05, 3.63) is 78.4 Å². The molecule has 1 aliphatic rings. The standard InChI is InChI=1S/C25H24N2O4S/c28-24(11-12-26-25(29)15-18-7-3-1-4-8-18)27-20-16-21-22(31-14-13-30-21)17-23(20)32-19-9-5-2-6-10-19/h1-10,16-17H,11-15H2,(H,26,29)(H,27,28). The Bertz CT molecular complexity index is 1070. The molecular formula is C25H24N2O4S. The van der Waals surface area contributed by atoms with Gasteiger partial charge in [0, 0.05) is 34.9 Å². The monoisotopic (exact) mass is 448 g/mol. The molecule has 0 fully saturated rings. The number of rotatable bonds is 8. The molecule has 2 N–H and O–H groups in total. The van der Waals surface area contributed by atoms with E-state index in [-0.39, 0.29) is 24.8 Å². The average molecular weight is 449 g/mol. The lowest BCUT2D eigenvalue weighted by atomic mass is 10.1. The van der Waals surface area contributed by atoms with Gasteiger partial charge in [0.2, 0.25) is 11.8 Å². The van der Waals surface area contributed by atoms with E-state index in [1.54, 1.807) is 6.07 Å². The van der Waals surface area contributed by atoms with Crippen LogP contribution < -0.4 is 20.1 Å². The SMILES string of the molecule is O=C(Cc1ccccc1)NCCC(=O)Nc1cc2c(cc1Sc1ccccc1)OCCO2. The quantitative estimate of drug-likeness (QED) is 0.537. The Hall–Kier alpha value is -3.45. The van der Waals surface area contributed by atoms with Crippen molar-refractivity contribution in [3.8, 4) is 11.5 Å². The van der Waals surface area contributed by atoms with E-state index in [1.165, 1.54) is 11.8 Å². The van der Waals surface area contributed by atoms with Crippen LogP contribution in [-0.2, 0) is 16.0 Å². The van der Waals surface area contributed by atoms with Crippen LogP contribution in [0.25, 0.3) is 0 Å². The van der Waals surface area contributed by atoms with Gasteiger partial charge in [-0.2, -0.15) is 0 Å². The Labute approximate surface area is 191 Å². The van der Waals surface area contributed by atoms with Gasteiger partial charge in [0.15, 0.2) is 11.5 Å². The Balaban J connectivity index is 1.37. The maximum Gasteiger partial charge on any atom is 0.226 e. The summed E-state index contributed by atoms with van der Waals surface area (Å²) in [6.45, 7) is 1.24. The van der Waals surface area contributed by atoms with Gasteiger partial charge in [0.1, 0.15) is 13.2 Å². The molecule has 2 amide bonds. The fraction of sp³-hybridized carbons (Fsp3) is 0.200. The van der Waals surface area contributed by atoms with E-state index in [0.29, 0.717) is 36.8 Å². The number of carbonyl (C=O) groups excluding carboxylic acids is 2. The van der Waals surface area contributed by atoms with Crippen molar-refractivity contribution in [1.82, 2.24) is 5.32 Å². The number of carbonyl (C=O) groups is 2. The third kappa shape index (κ3) is 6.04. The first-order chi connectivity index (χ1) is 15.7. The van der Waals surface area contributed by atoms with Crippen LogP contribution in [0.5, 0.6) is 11.5 Å². The lowest BCUT2D eigenvalue weighted by Crippen LogP contribution is -2.29. The predicted molar refractivity (Wildman–Crippen MR) is 124 cm³/mol. The molecule has 1 aliphatic heterocycles. The minimum Gasteiger partial charge on any atom is -0.486 e. The highest BCUT2D eigenvalue weighted by Gasteiger charge is 2.18. The number of benzene rings is 3. The van der Waals surface area contributed by atoms with E-state index in [1.807, 2.05) is 66.7 Å². The molecule has 0 radical (unpaired) electrons. The van der Waals surface area contributed by atoms with Crippen LogP contribution >= 0.6 is 11.8 Å². The molecule has 3 aromatic rings. The number of amides is 2. The van der Waals surface area contributed by atoms with Crippen LogP contribution in [0.1, 0.15) is 12.0 Å². The Kier molecular flexibility index (Phi) is 7.30. The Morgan fingerprint density at radius 2 is 1.50 bits per heavy atom. The van der Waals surface area contributed by atoms with Gasteiger partial charge in [-0.15, -0.1) is 0 Å². The molecule has 3 aromatic carbocycles. The zero-order valence-electron chi connectivity index (χ0n) is 17.5. The number of nitrogens with one attached hydrogen (secondary N) is 2. The molecule has 0 atom stereocenters. The summed E-state index contributed by atoms with van der Waals surface area (Å²) < 4.78 is 11.4. The highest BCUT2D eigenvalue weighted by molar-refractivity contribution is 7.99. The topological polar surface area (TPSA) is 76.7 Å². The summed E-state index contributed by atoms with van der Waals surface area (Å²) in [7, 11) is 0. The van der Waals surface area contributed by atoms with E-state index in [2.05, 4.69) is 10.6 Å². The van der Waals surface area contributed by atoms with Crippen molar-refractivity contribution in [2.75, 3.05) is 25.1 Å². The first kappa shape index (κ1) is 21.8. The molecule has 0 bridgehead atoms. The number of ether oxygens (including phenoxy) is 2. The van der Waals surface area contributed by atoms with Gasteiger partial charge in [-0.25, -0.2) is 0 Å². The predicted octanol–water partition coefficient (Wildman–Crippen LogP) is 4.30. The smallest absolute Gasteiger partial charge is 0.226 e. The summed E-state index contributed by atoms with van der Waals surface area (Å²) in [6.07, 6.45) is 0.465. The lowest BCUT2D eigenvalue weighted by Gasteiger charge is -2.21. The highest BCUT2D eigenvalue weighted by Crippen LogP contribution is 2.42. The number of anilines is 1. The van der Waals surface area contributed by atoms with Gasteiger partial charge in [0.05, 0.1) is 12.1 Å². The van der Waals surface area contributed by atoms with Gasteiger partial charge >= 0.3 is 0 Å². The van der Waals surface area contributed by atoms with E-state index in [0.717, 1.165) is 15.4 Å². The molecule has 0 aliphatic carbocycles. The second kappa shape index (κ2) is 10.7. The van der Waals surface area contributed by atoms with Crippen LogP contribution in [0.4, 0.5) is 5.69 Å². The van der Waals surface area contributed by atoms with Gasteiger partial charge < -0.3 is 20.1 Å². The van der Waals surface area contributed by atoms with Crippen molar-refractivity contribution < 1.29 is 19.1 Å². The minimum absolute atomic E-state index is 0.108. The molecule has 0 saturated carbocycles. The number of fused-ring (bicyclic) bond motifs is 1. The van der Waals surface area contributed by atoms with Crippen molar-refractivity contribution in [1.29, 1.82) is 0 Å². The van der Waals surface area contributed by atoms with E-state index >= 15 is 0 Å². The molecule has 0 unspecified atom stereocenters. The van der Waals surface area contributed by atoms with Gasteiger partial charge in [-0.1, -0.05) is 60.3 Å². The fourth-order valence-corrected chi connectivity index (χ4v) is 4.17. The molecular weight excluding hydrogens is 424 g/mol. The maximum absolute atomic E-state index is 12.6. The van der Waals surface area contributed by atoms with E-state index in [4.69, 9.17) is 9.47 Å². The molecule has 0 spiro atoms. The van der Waals surface area contributed by atoms with Gasteiger partial charge in [-0.05, 0) is 17.7 Å². The van der Waals surface area contributed by atoms with Gasteiger partial charge in [0.25, 0.3) is 0 Å². The number of hydrogen-bond donors (Lipinski definition) is 2. The third-order valence-corrected chi connectivity index (χ3v) is 5.84. The first-order valence-corrected chi connectivity index (χ1v) is 11.3. The number of hydrogen-bond acceptors (Lipinski definition) is 5. The molecule has 1 heterocycles. The molecule has 164 valence electrons. The van der Waals surface area contributed by atoms with Crippen molar-refractivity contribution in [3.63, 3.8) is 0 Å². The minimum atomic E-state index is -0.184. The van der Waals surface area contributed by atoms with Gasteiger partial charge in [-0.3, -0.25) is 9.59 Å². The Morgan fingerprint density at radius 1 is 0.844 bits per heavy atom. The van der Waals surface area contributed by atoms with Crippen LogP contribution in [0, 0.1) is 0 Å². The van der Waals surface area contributed by atoms with Crippen LogP contribution in [0.2, 0.25) is 0 Å². The van der Waals surface area contributed by atoms with Crippen molar-refractivity contribution in [2.45, 2.75) is 22.6 Å². The molecule has 4 rings (SSSR count). The first-order valence-electron chi connectivity index (χ1n) is 10.4. The Morgan fingerprint density at radius 3 is 2.22 bits per heavy atom. The lowest BCUT2D eigenvalue weighted by molar-refractivity contribution is -0.120. The molecule has 32 heavy (non-hydrogen) atoms. The van der Waals surface area contributed by atoms with E-state index in [9.17, 15) is 9.59 Å². The fourth-order valence-electron chi connectivity index (χ4n) is 3.24. The van der Waals surface area contributed by atoms with Crippen molar-refractivity contribution >= 4 is 29.3 Å². The van der Waals surface area contributed by atoms with Crippen LogP contribution in [0.3, 0.4) is 0 Å². The summed E-state index contributed by atoms with van der Waals surface area (Å²) in [5, 5.41) is 5.76. The third-order valence-electron chi connectivity index (χ3n) is 4.77. The summed E-state index contributed by atoms with van der Waals surface area (Å²) in [5.41, 5.74) is 1.59. The van der Waals surface area contributed by atoms with Crippen molar-refractivity contribution in [2.24, 2.45) is 0 Å². The van der Waals surface area contributed by atoms with Crippen LogP contribution in [0.15, 0.2) is 82.6 Å². The zero-order valence-corrected chi connectivity index (χ0v) is 18.3. The molecule has 0 aromatic heterocycles. The zero-order chi connectivity index (χ0) is 22.2. The largest absolute Gasteiger partial charge is 0.486 e. The second-order valence-electron chi connectivity index (χ2n) is 7.22. The summed E-state index contributed by atoms with van der Waals surface area (Å²) >= 11 is 1.54. The average Bonchev–Trinajstić information content (AvgIpc) is 2.81. The maximum atomic E-state index is 12.6. The highest BCUT2D eigenvalue weighted by atomic mass is 32.2. The summed E-state index contributed by atoms with van der Waals surface area (Å²) in [4.78, 5) is 26.6.